The van der Waals surface area contributed by atoms with E-state index in [1.54, 1.807) is 12.5 Å². The molecular weight excluding hydrogens is 182 g/mol. The van der Waals surface area contributed by atoms with E-state index >= 15 is 0 Å². The zero-order chi connectivity index (χ0) is 10.2. The summed E-state index contributed by atoms with van der Waals surface area (Å²) < 4.78 is 1.97. The molecule has 5 heteroatoms. The first-order valence-electron chi connectivity index (χ1n) is 4.76. The van der Waals surface area contributed by atoms with Crippen molar-refractivity contribution in [2.24, 2.45) is 0 Å². The third-order valence-corrected chi connectivity index (χ3v) is 2.07. The molecule has 0 saturated carbocycles. The van der Waals surface area contributed by atoms with Crippen LogP contribution in [0.5, 0.6) is 0 Å². The molecule has 0 amide bonds. The summed E-state index contributed by atoms with van der Waals surface area (Å²) in [5, 5.41) is 17.6. The molecule has 0 aliphatic carbocycles. The quantitative estimate of drug-likeness (QED) is 0.601. The standard InChI is InChI=1S/C9H17N3O2/c13-7-5-11(6-8-14)3-4-12-2-1-10-9-12/h1-2,9,13-14H,3-8H2. The predicted octanol–water partition coefficient (Wildman–Crippen LogP) is -0.830. The minimum absolute atomic E-state index is 0.129. The number of rotatable bonds is 7. The highest BCUT2D eigenvalue weighted by atomic mass is 16.3. The molecule has 0 aliphatic rings. The monoisotopic (exact) mass is 199 g/mol. The van der Waals surface area contributed by atoms with Crippen LogP contribution in [0.15, 0.2) is 18.7 Å². The van der Waals surface area contributed by atoms with Crippen molar-refractivity contribution < 1.29 is 10.2 Å². The van der Waals surface area contributed by atoms with E-state index in [2.05, 4.69) is 4.98 Å². The lowest BCUT2D eigenvalue weighted by atomic mass is 10.4. The summed E-state index contributed by atoms with van der Waals surface area (Å²) in [4.78, 5) is 5.95. The van der Waals surface area contributed by atoms with Crippen LogP contribution < -0.4 is 0 Å². The number of aromatic nitrogens is 2. The molecule has 0 aliphatic heterocycles. The van der Waals surface area contributed by atoms with Crippen LogP contribution in [0.3, 0.4) is 0 Å². The lowest BCUT2D eigenvalue weighted by Crippen LogP contribution is -2.32. The van der Waals surface area contributed by atoms with Gasteiger partial charge in [0.1, 0.15) is 0 Å². The lowest BCUT2D eigenvalue weighted by Gasteiger charge is -2.19. The third kappa shape index (κ3) is 3.87. The number of nitrogens with zero attached hydrogens (tertiary/aromatic N) is 3. The van der Waals surface area contributed by atoms with Crippen molar-refractivity contribution in [1.82, 2.24) is 14.5 Å². The molecule has 2 N–H and O–H groups in total. The largest absolute Gasteiger partial charge is 0.395 e. The molecule has 0 saturated heterocycles. The summed E-state index contributed by atoms with van der Waals surface area (Å²) in [5.41, 5.74) is 0. The number of imidazole rings is 1. The molecule has 0 aromatic carbocycles. The van der Waals surface area contributed by atoms with Crippen LogP contribution in [0, 0.1) is 0 Å². The van der Waals surface area contributed by atoms with Gasteiger partial charge in [0.15, 0.2) is 0 Å². The number of aliphatic hydroxyl groups is 2. The molecule has 0 atom stereocenters. The molecule has 5 nitrogen and oxygen atoms in total. The second kappa shape index (κ2) is 6.53. The minimum atomic E-state index is 0.129. The average molecular weight is 199 g/mol. The maximum Gasteiger partial charge on any atom is 0.0946 e. The molecule has 1 rings (SSSR count). The van der Waals surface area contributed by atoms with Crippen LogP contribution in [0.25, 0.3) is 0 Å². The SMILES string of the molecule is OCCN(CCO)CCn1ccnc1. The summed E-state index contributed by atoms with van der Waals surface area (Å²) in [6.07, 6.45) is 5.40. The zero-order valence-corrected chi connectivity index (χ0v) is 8.21. The van der Waals surface area contributed by atoms with E-state index in [1.165, 1.54) is 0 Å². The van der Waals surface area contributed by atoms with Crippen LogP contribution >= 0.6 is 0 Å². The molecular formula is C9H17N3O2. The Morgan fingerprint density at radius 2 is 1.86 bits per heavy atom. The molecule has 0 fully saturated rings. The minimum Gasteiger partial charge on any atom is -0.395 e. The van der Waals surface area contributed by atoms with Crippen molar-refractivity contribution in [2.45, 2.75) is 6.54 Å². The van der Waals surface area contributed by atoms with Gasteiger partial charge >= 0.3 is 0 Å². The molecule has 1 heterocycles. The van der Waals surface area contributed by atoms with Gasteiger partial charge in [0, 0.05) is 38.6 Å². The van der Waals surface area contributed by atoms with Crippen LogP contribution in [0.1, 0.15) is 0 Å². The van der Waals surface area contributed by atoms with Crippen molar-refractivity contribution in [3.05, 3.63) is 18.7 Å². The van der Waals surface area contributed by atoms with Gasteiger partial charge in [0.25, 0.3) is 0 Å². The predicted molar refractivity (Wildman–Crippen MR) is 52.8 cm³/mol. The van der Waals surface area contributed by atoms with Gasteiger partial charge in [-0.05, 0) is 0 Å². The Morgan fingerprint density at radius 1 is 1.14 bits per heavy atom. The highest BCUT2D eigenvalue weighted by Crippen LogP contribution is 1.91. The topological polar surface area (TPSA) is 61.5 Å². The molecule has 1 aromatic heterocycles. The Balaban J connectivity index is 2.25. The fourth-order valence-electron chi connectivity index (χ4n) is 1.29. The Labute approximate surface area is 83.6 Å². The summed E-state index contributed by atoms with van der Waals surface area (Å²) in [7, 11) is 0. The van der Waals surface area contributed by atoms with Gasteiger partial charge in [-0.1, -0.05) is 0 Å². The van der Waals surface area contributed by atoms with Gasteiger partial charge in [0.05, 0.1) is 19.5 Å². The summed E-state index contributed by atoms with van der Waals surface area (Å²) >= 11 is 0. The van der Waals surface area contributed by atoms with Crippen molar-refractivity contribution in [2.75, 3.05) is 32.8 Å². The van der Waals surface area contributed by atoms with Gasteiger partial charge < -0.3 is 14.8 Å². The first kappa shape index (κ1) is 11.2. The first-order valence-corrected chi connectivity index (χ1v) is 4.76. The van der Waals surface area contributed by atoms with Crippen LogP contribution in [0.2, 0.25) is 0 Å². The van der Waals surface area contributed by atoms with E-state index in [0.29, 0.717) is 13.1 Å². The van der Waals surface area contributed by atoms with E-state index in [-0.39, 0.29) is 13.2 Å². The molecule has 0 unspecified atom stereocenters. The maximum atomic E-state index is 8.78. The fraction of sp³-hybridized carbons (Fsp3) is 0.667. The number of aliphatic hydroxyl groups excluding tert-OH is 2. The molecule has 0 radical (unpaired) electrons. The number of hydrogen-bond acceptors (Lipinski definition) is 4. The highest BCUT2D eigenvalue weighted by Gasteiger charge is 2.02. The van der Waals surface area contributed by atoms with Gasteiger partial charge in [0.2, 0.25) is 0 Å². The molecule has 14 heavy (non-hydrogen) atoms. The lowest BCUT2D eigenvalue weighted by molar-refractivity contribution is 0.157. The van der Waals surface area contributed by atoms with E-state index in [0.717, 1.165) is 13.1 Å². The van der Waals surface area contributed by atoms with Crippen LogP contribution in [0.4, 0.5) is 0 Å². The van der Waals surface area contributed by atoms with Crippen molar-refractivity contribution in [1.29, 1.82) is 0 Å². The second-order valence-corrected chi connectivity index (χ2v) is 3.09. The molecule has 0 spiro atoms. The van der Waals surface area contributed by atoms with Crippen LogP contribution in [-0.4, -0.2) is 57.5 Å². The Kier molecular flexibility index (Phi) is 5.21. The summed E-state index contributed by atoms with van der Waals surface area (Å²) in [6.45, 7) is 3.12. The van der Waals surface area contributed by atoms with Gasteiger partial charge in [-0.3, -0.25) is 4.90 Å². The smallest absolute Gasteiger partial charge is 0.0946 e. The zero-order valence-electron chi connectivity index (χ0n) is 8.21. The van der Waals surface area contributed by atoms with E-state index < -0.39 is 0 Å². The summed E-state index contributed by atoms with van der Waals surface area (Å²) in [5.74, 6) is 0. The molecule has 80 valence electrons. The highest BCUT2D eigenvalue weighted by molar-refractivity contribution is 4.74. The fourth-order valence-corrected chi connectivity index (χ4v) is 1.29. The Morgan fingerprint density at radius 3 is 2.36 bits per heavy atom. The van der Waals surface area contributed by atoms with Crippen molar-refractivity contribution in [3.8, 4) is 0 Å². The van der Waals surface area contributed by atoms with Crippen LogP contribution in [-0.2, 0) is 6.54 Å². The number of hydrogen-bond donors (Lipinski definition) is 2. The van der Waals surface area contributed by atoms with E-state index in [4.69, 9.17) is 10.2 Å². The first-order chi connectivity index (χ1) is 6.86. The third-order valence-electron chi connectivity index (χ3n) is 2.07. The second-order valence-electron chi connectivity index (χ2n) is 3.09. The molecule has 0 bridgehead atoms. The van der Waals surface area contributed by atoms with Gasteiger partial charge in [-0.25, -0.2) is 4.98 Å². The maximum absolute atomic E-state index is 8.78. The Hall–Kier alpha value is -0.910. The van der Waals surface area contributed by atoms with Crippen molar-refractivity contribution >= 4 is 0 Å². The molecule has 1 aromatic rings. The van der Waals surface area contributed by atoms with E-state index in [9.17, 15) is 0 Å². The van der Waals surface area contributed by atoms with Crippen molar-refractivity contribution in [3.63, 3.8) is 0 Å². The van der Waals surface area contributed by atoms with E-state index in [1.807, 2.05) is 15.7 Å². The average Bonchev–Trinajstić information content (AvgIpc) is 2.67. The Bertz CT molecular complexity index is 220. The van der Waals surface area contributed by atoms with Gasteiger partial charge in [-0.15, -0.1) is 0 Å². The summed E-state index contributed by atoms with van der Waals surface area (Å²) in [6, 6.07) is 0. The normalized spacial score (nSPS) is 11.1. The van der Waals surface area contributed by atoms with Gasteiger partial charge in [-0.2, -0.15) is 0 Å².